The summed E-state index contributed by atoms with van der Waals surface area (Å²) < 4.78 is 14.2. The maximum absolute atomic E-state index is 13.0. The van der Waals surface area contributed by atoms with Crippen molar-refractivity contribution < 1.29 is 19.1 Å². The van der Waals surface area contributed by atoms with Crippen molar-refractivity contribution in [2.75, 3.05) is 12.4 Å². The fourth-order valence-corrected chi connectivity index (χ4v) is 4.39. The molecule has 0 aromatic carbocycles. The first-order chi connectivity index (χ1) is 16.0. The molecule has 10 heteroatoms. The maximum Gasteiger partial charge on any atom is 0.407 e. The number of aromatic nitrogens is 4. The third kappa shape index (κ3) is 5.43. The van der Waals surface area contributed by atoms with E-state index in [1.807, 2.05) is 38.4 Å². The summed E-state index contributed by atoms with van der Waals surface area (Å²) in [4.78, 5) is 25.2. The van der Waals surface area contributed by atoms with Crippen molar-refractivity contribution in [3.05, 3.63) is 29.2 Å². The first kappa shape index (κ1) is 24.3. The van der Waals surface area contributed by atoms with Gasteiger partial charge in [0.1, 0.15) is 17.6 Å². The van der Waals surface area contributed by atoms with E-state index in [2.05, 4.69) is 15.7 Å². The second kappa shape index (κ2) is 9.05. The highest BCUT2D eigenvalue weighted by molar-refractivity contribution is 6.02. The molecule has 0 bridgehead atoms. The number of anilines is 1. The average molecular weight is 473 g/mol. The van der Waals surface area contributed by atoms with Gasteiger partial charge in [0.2, 0.25) is 0 Å². The van der Waals surface area contributed by atoms with Gasteiger partial charge >= 0.3 is 6.09 Å². The van der Waals surface area contributed by atoms with E-state index < -0.39 is 0 Å². The van der Waals surface area contributed by atoms with Crippen LogP contribution < -0.4 is 10.6 Å². The first-order valence-electron chi connectivity index (χ1n) is 11.9. The van der Waals surface area contributed by atoms with Crippen molar-refractivity contribution in [3.63, 3.8) is 0 Å². The minimum Gasteiger partial charge on any atom is -0.446 e. The zero-order valence-electron chi connectivity index (χ0n) is 21.0. The van der Waals surface area contributed by atoms with Crippen LogP contribution in [-0.4, -0.2) is 50.3 Å². The number of methoxy groups -OCH3 is 1. The summed E-state index contributed by atoms with van der Waals surface area (Å²) in [5.41, 5.74) is 1.61. The lowest BCUT2D eigenvalue weighted by molar-refractivity contribution is 0.0965. The van der Waals surface area contributed by atoms with Gasteiger partial charge in [-0.3, -0.25) is 9.48 Å². The minimum absolute atomic E-state index is 0.0914. The molecule has 2 atom stereocenters. The smallest absolute Gasteiger partial charge is 0.407 e. The molecule has 2 aromatic rings. The second-order valence-electron chi connectivity index (χ2n) is 10.8. The van der Waals surface area contributed by atoms with Crippen molar-refractivity contribution in [2.45, 2.75) is 89.5 Å². The van der Waals surface area contributed by atoms with Crippen LogP contribution >= 0.6 is 0 Å². The molecule has 0 spiro atoms. The Bertz CT molecular complexity index is 1060. The van der Waals surface area contributed by atoms with Gasteiger partial charge in [0.15, 0.2) is 0 Å². The molecule has 2 aliphatic carbocycles. The molecule has 0 radical (unpaired) electrons. The predicted molar refractivity (Wildman–Crippen MR) is 127 cm³/mol. The molecule has 2 saturated carbocycles. The number of nitrogens with one attached hydrogen (secondary N) is 2. The molecule has 2 aromatic heterocycles. The minimum atomic E-state index is -0.331. The van der Waals surface area contributed by atoms with Crippen LogP contribution in [0, 0.1) is 0 Å². The molecule has 10 nitrogen and oxygen atoms in total. The van der Waals surface area contributed by atoms with E-state index in [-0.39, 0.29) is 35.1 Å². The van der Waals surface area contributed by atoms with Crippen LogP contribution in [0.5, 0.6) is 0 Å². The van der Waals surface area contributed by atoms with E-state index in [0.717, 1.165) is 37.8 Å². The Balaban J connectivity index is 1.46. The van der Waals surface area contributed by atoms with Gasteiger partial charge in [-0.1, -0.05) is 0 Å². The van der Waals surface area contributed by atoms with Crippen molar-refractivity contribution >= 4 is 17.8 Å². The van der Waals surface area contributed by atoms with Gasteiger partial charge in [0.05, 0.1) is 23.5 Å². The largest absolute Gasteiger partial charge is 0.446 e. The Morgan fingerprint density at radius 1 is 1.21 bits per heavy atom. The maximum atomic E-state index is 13.0. The van der Waals surface area contributed by atoms with Crippen LogP contribution in [0.2, 0.25) is 0 Å². The molecule has 34 heavy (non-hydrogen) atoms. The summed E-state index contributed by atoms with van der Waals surface area (Å²) in [6.45, 7) is 8.51. The molecular weight excluding hydrogens is 436 g/mol. The normalized spacial score (nSPS) is 21.4. The Morgan fingerprint density at radius 2 is 1.94 bits per heavy atom. The number of alkyl carbamates (subject to hydrolysis) is 1. The zero-order valence-corrected chi connectivity index (χ0v) is 21.0. The van der Waals surface area contributed by atoms with Crippen molar-refractivity contribution in [1.29, 1.82) is 0 Å². The van der Waals surface area contributed by atoms with Crippen molar-refractivity contribution in [1.82, 2.24) is 24.9 Å². The Hall–Kier alpha value is -2.88. The van der Waals surface area contributed by atoms with E-state index in [0.29, 0.717) is 23.8 Å². The van der Waals surface area contributed by atoms with Gasteiger partial charge in [0, 0.05) is 31.7 Å². The molecule has 0 aliphatic heterocycles. The second-order valence-corrected chi connectivity index (χ2v) is 10.8. The molecule has 4 rings (SSSR count). The molecule has 2 amide bonds. The van der Waals surface area contributed by atoms with Crippen molar-refractivity contribution in [3.8, 4) is 0 Å². The van der Waals surface area contributed by atoms with Gasteiger partial charge in [-0.25, -0.2) is 9.48 Å². The summed E-state index contributed by atoms with van der Waals surface area (Å²) in [6, 6.07) is 3.66. The van der Waals surface area contributed by atoms with Gasteiger partial charge in [0.25, 0.3) is 5.91 Å². The third-order valence-corrected chi connectivity index (χ3v) is 6.54. The van der Waals surface area contributed by atoms with Crippen LogP contribution in [0.15, 0.2) is 12.1 Å². The molecule has 0 saturated heterocycles. The number of nitrogens with zero attached hydrogens (tertiary/aromatic N) is 4. The molecule has 186 valence electrons. The lowest BCUT2D eigenvalue weighted by Gasteiger charge is -2.22. The zero-order chi connectivity index (χ0) is 24.7. The Labute approximate surface area is 200 Å². The molecule has 2 heterocycles. The van der Waals surface area contributed by atoms with Gasteiger partial charge in [-0.2, -0.15) is 10.2 Å². The third-order valence-electron chi connectivity index (χ3n) is 6.54. The summed E-state index contributed by atoms with van der Waals surface area (Å²) in [5.74, 6) is 0.538. The number of ether oxygens (including phenoxy) is 2. The SMILES string of the molecule is COCc1cc(C(=O)Nc2cc([C@H]3CC[C@@H](OC(=O)NC4(C)CC4)C3)nn2C(C)(C)C)n(C)n1. The van der Waals surface area contributed by atoms with E-state index >= 15 is 0 Å². The number of carbonyl (C=O) groups is 2. The standard InChI is InChI=1S/C24H36N6O4/c1-23(2,3)30-20(25-21(31)19-12-16(14-33-6)27-29(19)5)13-18(28-30)15-7-8-17(11-15)34-22(32)26-24(4)9-10-24/h12-13,15,17H,7-11,14H2,1-6H3,(H,25,31)(H,26,32)/t15-,17+/m0/s1. The number of amides is 2. The summed E-state index contributed by atoms with van der Waals surface area (Å²) in [6.07, 6.45) is 3.95. The number of hydrogen-bond donors (Lipinski definition) is 2. The quantitative estimate of drug-likeness (QED) is 0.636. The van der Waals surface area contributed by atoms with E-state index in [9.17, 15) is 9.59 Å². The molecule has 0 unspecified atom stereocenters. The molecule has 2 N–H and O–H groups in total. The summed E-state index contributed by atoms with van der Waals surface area (Å²) in [7, 11) is 3.33. The van der Waals surface area contributed by atoms with E-state index in [1.165, 1.54) is 0 Å². The highest BCUT2D eigenvalue weighted by atomic mass is 16.6. The topological polar surface area (TPSA) is 112 Å². The Kier molecular flexibility index (Phi) is 6.46. The van der Waals surface area contributed by atoms with Gasteiger partial charge in [-0.15, -0.1) is 0 Å². The predicted octanol–water partition coefficient (Wildman–Crippen LogP) is 3.69. The van der Waals surface area contributed by atoms with Gasteiger partial charge < -0.3 is 20.1 Å². The highest BCUT2D eigenvalue weighted by Crippen LogP contribution is 2.38. The van der Waals surface area contributed by atoms with E-state index in [4.69, 9.17) is 14.6 Å². The lowest BCUT2D eigenvalue weighted by Crippen LogP contribution is -2.36. The fraction of sp³-hybridized carbons (Fsp3) is 0.667. The van der Waals surface area contributed by atoms with Crippen LogP contribution in [0.4, 0.5) is 10.6 Å². The highest BCUT2D eigenvalue weighted by Gasteiger charge is 2.40. The number of rotatable bonds is 7. The van der Waals surface area contributed by atoms with Crippen LogP contribution in [-0.2, 0) is 28.7 Å². The fourth-order valence-electron chi connectivity index (χ4n) is 4.39. The molecule has 2 aliphatic rings. The Morgan fingerprint density at radius 3 is 2.59 bits per heavy atom. The van der Waals surface area contributed by atoms with E-state index in [1.54, 1.807) is 24.9 Å². The summed E-state index contributed by atoms with van der Waals surface area (Å²) in [5, 5.41) is 15.1. The van der Waals surface area contributed by atoms with Crippen LogP contribution in [0.3, 0.4) is 0 Å². The van der Waals surface area contributed by atoms with Crippen LogP contribution in [0.1, 0.15) is 87.6 Å². The number of hydrogen-bond acceptors (Lipinski definition) is 6. The van der Waals surface area contributed by atoms with Gasteiger partial charge in [-0.05, 0) is 65.9 Å². The summed E-state index contributed by atoms with van der Waals surface area (Å²) >= 11 is 0. The van der Waals surface area contributed by atoms with Crippen LogP contribution in [0.25, 0.3) is 0 Å². The molecule has 2 fully saturated rings. The lowest BCUT2D eigenvalue weighted by atomic mass is 10.0. The van der Waals surface area contributed by atoms with Crippen molar-refractivity contribution in [2.24, 2.45) is 7.05 Å². The average Bonchev–Trinajstić information content (AvgIpc) is 3.12. The first-order valence-corrected chi connectivity index (χ1v) is 11.9. The number of aryl methyl sites for hydroxylation is 1. The number of carbonyl (C=O) groups excluding carboxylic acids is 2. The molecular formula is C24H36N6O4. The monoisotopic (exact) mass is 472 g/mol.